The number of hydrogen-bond acceptors (Lipinski definition) is 12. The Kier molecular flexibility index (Phi) is 21.1. The Labute approximate surface area is 361 Å². The number of carbonyl (C=O) groups is 7. The van der Waals surface area contributed by atoms with Crippen molar-refractivity contribution in [3.05, 3.63) is 144 Å². The van der Waals surface area contributed by atoms with Gasteiger partial charge in [-0.1, -0.05) is 121 Å². The van der Waals surface area contributed by atoms with Gasteiger partial charge in [0.05, 0.1) is 12.0 Å². The number of Topliss-reactive ketones (excluding diaryl/α,β-unsaturated/α-hetero) is 1. The van der Waals surface area contributed by atoms with Crippen molar-refractivity contribution in [1.82, 2.24) is 10.6 Å². The Morgan fingerprint density at radius 2 is 0.855 bits per heavy atom. The lowest BCUT2D eigenvalue weighted by molar-refractivity contribution is -0.153. The van der Waals surface area contributed by atoms with E-state index in [1.807, 2.05) is 24.3 Å². The number of nitrogens with one attached hydrogen (secondary N) is 2. The summed E-state index contributed by atoms with van der Waals surface area (Å²) in [5.41, 5.74) is 2.96. The molecular weight excluding hydrogens is 797 g/mol. The normalized spacial score (nSPS) is 12.1. The minimum absolute atomic E-state index is 0.00393. The molecule has 2 amide bonds. The van der Waals surface area contributed by atoms with E-state index < -0.39 is 65.9 Å². The Morgan fingerprint density at radius 1 is 0.468 bits per heavy atom. The number of esters is 4. The van der Waals surface area contributed by atoms with Crippen LogP contribution in [0, 0.1) is 5.92 Å². The number of carbonyl (C=O) groups excluding carboxylic acids is 7. The smallest absolute Gasteiger partial charge is 0.309 e. The molecule has 4 aromatic carbocycles. The predicted molar refractivity (Wildman–Crippen MR) is 226 cm³/mol. The van der Waals surface area contributed by atoms with Gasteiger partial charge in [-0.15, -0.1) is 0 Å². The number of hydrogen-bond donors (Lipinski definition) is 3. The minimum atomic E-state index is -1.37. The first-order valence-electron chi connectivity index (χ1n) is 20.6. The molecule has 4 rings (SSSR count). The molecule has 0 saturated heterocycles. The quantitative estimate of drug-likeness (QED) is 0.0495. The molecule has 0 saturated carbocycles. The molecule has 4 aromatic rings. The maximum Gasteiger partial charge on any atom is 0.309 e. The first-order chi connectivity index (χ1) is 30.1. The molecule has 0 aromatic heterocycles. The Balaban J connectivity index is 1.50. The topological polar surface area (TPSA) is 201 Å². The molecule has 0 aliphatic carbocycles. The van der Waals surface area contributed by atoms with Crippen molar-refractivity contribution >= 4 is 41.5 Å². The second kappa shape index (κ2) is 27.2. The van der Waals surface area contributed by atoms with Crippen LogP contribution in [0.1, 0.15) is 80.0 Å². The van der Waals surface area contributed by atoms with Gasteiger partial charge in [-0.25, -0.2) is 0 Å². The van der Waals surface area contributed by atoms with Crippen molar-refractivity contribution in [1.29, 1.82) is 0 Å². The first kappa shape index (κ1) is 48.0. The van der Waals surface area contributed by atoms with E-state index in [1.54, 1.807) is 97.1 Å². The highest BCUT2D eigenvalue weighted by Gasteiger charge is 2.32. The summed E-state index contributed by atoms with van der Waals surface area (Å²) in [6.07, 6.45) is -1.86. The largest absolute Gasteiger partial charge is 0.461 e. The molecule has 0 fully saturated rings. The van der Waals surface area contributed by atoms with Crippen LogP contribution in [0.4, 0.5) is 0 Å². The van der Waals surface area contributed by atoms with E-state index in [1.165, 1.54) is 0 Å². The molecular formula is C48H54N2O12. The number of benzene rings is 4. The molecule has 0 aliphatic rings. The number of ether oxygens (including phenoxy) is 4. The van der Waals surface area contributed by atoms with Crippen LogP contribution in [-0.2, 0) is 78.9 Å². The number of rotatable bonds is 27. The number of amides is 2. The second-order valence-electron chi connectivity index (χ2n) is 14.5. The lowest BCUT2D eigenvalue weighted by Gasteiger charge is -2.24. The van der Waals surface area contributed by atoms with Gasteiger partial charge >= 0.3 is 23.9 Å². The third kappa shape index (κ3) is 18.7. The maximum absolute atomic E-state index is 14.2. The van der Waals surface area contributed by atoms with Crippen molar-refractivity contribution in [3.63, 3.8) is 0 Å². The summed E-state index contributed by atoms with van der Waals surface area (Å²) in [5.74, 6) is -5.86. The van der Waals surface area contributed by atoms with Gasteiger partial charge in [-0.3, -0.25) is 33.6 Å². The zero-order valence-electron chi connectivity index (χ0n) is 34.6. The molecule has 14 nitrogen and oxygen atoms in total. The fraction of sp³-hybridized carbons (Fsp3) is 0.354. The maximum atomic E-state index is 14.2. The number of aliphatic hydroxyl groups excluding tert-OH is 1. The van der Waals surface area contributed by atoms with E-state index in [0.717, 1.165) is 16.7 Å². The number of ketones is 1. The molecule has 328 valence electrons. The van der Waals surface area contributed by atoms with E-state index in [2.05, 4.69) is 10.6 Å². The summed E-state index contributed by atoms with van der Waals surface area (Å²) in [6.45, 7) is -0.383. The Morgan fingerprint density at radius 3 is 1.27 bits per heavy atom. The van der Waals surface area contributed by atoms with E-state index in [9.17, 15) is 38.7 Å². The average Bonchev–Trinajstić information content (AvgIpc) is 3.30. The second-order valence-corrected chi connectivity index (χ2v) is 14.5. The zero-order valence-corrected chi connectivity index (χ0v) is 34.6. The molecule has 3 atom stereocenters. The van der Waals surface area contributed by atoms with Gasteiger partial charge in [-0.2, -0.15) is 0 Å². The molecule has 14 heteroatoms. The lowest BCUT2D eigenvalue weighted by Crippen LogP contribution is -2.52. The molecule has 62 heavy (non-hydrogen) atoms. The van der Waals surface area contributed by atoms with Crippen LogP contribution in [0.15, 0.2) is 121 Å². The van der Waals surface area contributed by atoms with Crippen LogP contribution < -0.4 is 10.6 Å². The molecule has 0 aliphatic heterocycles. The van der Waals surface area contributed by atoms with E-state index in [0.29, 0.717) is 5.56 Å². The highest BCUT2D eigenvalue weighted by Crippen LogP contribution is 2.20. The van der Waals surface area contributed by atoms with Gasteiger partial charge in [0.1, 0.15) is 32.5 Å². The monoisotopic (exact) mass is 850 g/mol. The van der Waals surface area contributed by atoms with Crippen LogP contribution in [0.5, 0.6) is 0 Å². The van der Waals surface area contributed by atoms with Gasteiger partial charge in [0.25, 0.3) is 0 Å². The zero-order chi connectivity index (χ0) is 44.4. The molecule has 0 spiro atoms. The fourth-order valence-electron chi connectivity index (χ4n) is 6.14. The molecule has 3 unspecified atom stereocenters. The van der Waals surface area contributed by atoms with Crippen molar-refractivity contribution in [3.8, 4) is 0 Å². The molecule has 3 N–H and O–H groups in total. The third-order valence-corrected chi connectivity index (χ3v) is 9.62. The van der Waals surface area contributed by atoms with Crippen molar-refractivity contribution < 1.29 is 57.6 Å². The summed E-state index contributed by atoms with van der Waals surface area (Å²) >= 11 is 0. The van der Waals surface area contributed by atoms with Crippen molar-refractivity contribution in [2.45, 2.75) is 96.3 Å². The van der Waals surface area contributed by atoms with E-state index in [4.69, 9.17) is 18.9 Å². The first-order valence-corrected chi connectivity index (χ1v) is 20.6. The van der Waals surface area contributed by atoms with Crippen LogP contribution >= 0.6 is 0 Å². The highest BCUT2D eigenvalue weighted by molar-refractivity contribution is 5.94. The van der Waals surface area contributed by atoms with Crippen LogP contribution in [0.2, 0.25) is 0 Å². The summed E-state index contributed by atoms with van der Waals surface area (Å²) < 4.78 is 21.8. The summed E-state index contributed by atoms with van der Waals surface area (Å²) in [6, 6.07) is 33.2. The highest BCUT2D eigenvalue weighted by atomic mass is 16.5. The Hall–Kier alpha value is -6.67. The average molecular weight is 851 g/mol. The summed E-state index contributed by atoms with van der Waals surface area (Å²) in [4.78, 5) is 93.1. The van der Waals surface area contributed by atoms with Gasteiger partial charge in [0.15, 0.2) is 5.78 Å². The van der Waals surface area contributed by atoms with Gasteiger partial charge in [0.2, 0.25) is 11.8 Å². The lowest BCUT2D eigenvalue weighted by atomic mass is 9.92. The van der Waals surface area contributed by atoms with Crippen LogP contribution in [0.25, 0.3) is 0 Å². The standard InChI is InChI=1S/C48H54N2O12/c51-29-13-22-43(53)49-41(25-28-46(56)61-33-37-18-9-3-10-19-37)47(57)50-40(24-27-45(55)60-32-36-16-7-2-8-17-36)42(52)30-39(48(58)62-34-38-20-11-4-12-21-38)23-26-44(54)59-31-35-14-5-1-6-15-35/h1-12,14-21,39-41,51H,13,22-34H2,(H,49,53)(H,50,57). The van der Waals surface area contributed by atoms with Crippen LogP contribution in [0.3, 0.4) is 0 Å². The van der Waals surface area contributed by atoms with E-state index >= 15 is 0 Å². The molecule has 0 radical (unpaired) electrons. The van der Waals surface area contributed by atoms with Gasteiger partial charge < -0.3 is 34.7 Å². The van der Waals surface area contributed by atoms with Gasteiger partial charge in [-0.05, 0) is 47.9 Å². The van der Waals surface area contributed by atoms with E-state index in [-0.39, 0.29) is 84.4 Å². The SMILES string of the molecule is O=C(CCCO)NC(CCC(=O)OCc1ccccc1)C(=O)NC(CCC(=O)OCc1ccccc1)C(=O)CC(CCC(=O)OCc1ccccc1)C(=O)OCc1ccccc1. The number of aliphatic hydroxyl groups is 1. The summed E-state index contributed by atoms with van der Waals surface area (Å²) in [7, 11) is 0. The molecule has 0 bridgehead atoms. The van der Waals surface area contributed by atoms with Gasteiger partial charge in [0, 0.05) is 38.7 Å². The van der Waals surface area contributed by atoms with Crippen molar-refractivity contribution in [2.75, 3.05) is 6.61 Å². The third-order valence-electron chi connectivity index (χ3n) is 9.62. The van der Waals surface area contributed by atoms with Crippen LogP contribution in [-0.4, -0.2) is 65.3 Å². The Bertz CT molecular complexity index is 2010. The summed E-state index contributed by atoms with van der Waals surface area (Å²) in [5, 5.41) is 14.5. The fourth-order valence-corrected chi connectivity index (χ4v) is 6.14. The molecule has 0 heterocycles. The minimum Gasteiger partial charge on any atom is -0.461 e. The predicted octanol–water partition coefficient (Wildman–Crippen LogP) is 5.62. The van der Waals surface area contributed by atoms with Crippen molar-refractivity contribution in [2.24, 2.45) is 5.92 Å².